The van der Waals surface area contributed by atoms with E-state index in [1.807, 2.05) is 0 Å². The summed E-state index contributed by atoms with van der Waals surface area (Å²) in [6, 6.07) is -0.569. The van der Waals surface area contributed by atoms with Gasteiger partial charge in [-0.05, 0) is 32.6 Å². The smallest absolute Gasteiger partial charge is 0.337 e. The zero-order valence-corrected chi connectivity index (χ0v) is 12.6. The lowest BCUT2D eigenvalue weighted by molar-refractivity contribution is -0.155. The molecule has 1 aliphatic rings. The first-order chi connectivity index (χ1) is 9.88. The van der Waals surface area contributed by atoms with Gasteiger partial charge in [-0.25, -0.2) is 14.6 Å². The van der Waals surface area contributed by atoms with E-state index in [1.165, 1.54) is 22.6 Å². The van der Waals surface area contributed by atoms with Gasteiger partial charge in [0.05, 0.1) is 12.2 Å². The van der Waals surface area contributed by atoms with Crippen molar-refractivity contribution in [2.45, 2.75) is 44.6 Å². The van der Waals surface area contributed by atoms with Crippen LogP contribution in [0.15, 0.2) is 0 Å². The van der Waals surface area contributed by atoms with Crippen LogP contribution >= 0.6 is 11.3 Å². The summed E-state index contributed by atoms with van der Waals surface area (Å²) < 4.78 is 0. The van der Waals surface area contributed by atoms with Gasteiger partial charge in [-0.3, -0.25) is 5.32 Å². The maximum absolute atomic E-state index is 11.7. The van der Waals surface area contributed by atoms with Crippen molar-refractivity contribution >= 4 is 28.5 Å². The van der Waals surface area contributed by atoms with Crippen LogP contribution in [0.1, 0.15) is 36.8 Å². The number of nitrogens with zero attached hydrogens (tertiary/aromatic N) is 1. The van der Waals surface area contributed by atoms with Gasteiger partial charge in [-0.2, -0.15) is 0 Å². The molecule has 1 heterocycles. The maximum Gasteiger partial charge on any atom is 0.337 e. The molecule has 1 unspecified atom stereocenters. The summed E-state index contributed by atoms with van der Waals surface area (Å²) in [4.78, 5) is 28.0. The lowest BCUT2D eigenvalue weighted by Gasteiger charge is -2.18. The van der Waals surface area contributed by atoms with Gasteiger partial charge in [0.1, 0.15) is 0 Å². The number of hydrogen-bond donors (Lipinski definition) is 4. The van der Waals surface area contributed by atoms with Crippen LogP contribution in [-0.2, 0) is 17.6 Å². The summed E-state index contributed by atoms with van der Waals surface area (Å²) in [5.41, 5.74) is -0.942. The zero-order chi connectivity index (χ0) is 15.5. The van der Waals surface area contributed by atoms with Gasteiger partial charge >= 0.3 is 12.0 Å². The van der Waals surface area contributed by atoms with E-state index in [0.717, 1.165) is 38.3 Å². The Balaban J connectivity index is 1.90. The average molecular weight is 313 g/mol. The van der Waals surface area contributed by atoms with Crippen molar-refractivity contribution in [2.24, 2.45) is 0 Å². The number of hydrogen-bond acceptors (Lipinski definition) is 5. The quantitative estimate of drug-likeness (QED) is 0.627. The summed E-state index contributed by atoms with van der Waals surface area (Å²) in [6.07, 6.45) is 5.38. The Labute approximate surface area is 126 Å². The first kappa shape index (κ1) is 15.7. The van der Waals surface area contributed by atoms with Crippen LogP contribution < -0.4 is 10.6 Å². The third-order valence-electron chi connectivity index (χ3n) is 3.37. The Morgan fingerprint density at radius 3 is 2.76 bits per heavy atom. The van der Waals surface area contributed by atoms with Crippen molar-refractivity contribution in [3.63, 3.8) is 0 Å². The molecule has 2 rings (SSSR count). The molecule has 0 fully saturated rings. The largest absolute Gasteiger partial charge is 0.479 e. The molecule has 0 bridgehead atoms. The summed E-state index contributed by atoms with van der Waals surface area (Å²) >= 11 is 1.45. The molecular formula is C13H19N3O4S. The molecule has 0 aromatic carbocycles. The number of anilines is 1. The van der Waals surface area contributed by atoms with E-state index in [-0.39, 0.29) is 6.54 Å². The monoisotopic (exact) mass is 313 g/mol. The van der Waals surface area contributed by atoms with Crippen LogP contribution in [-0.4, -0.2) is 39.3 Å². The zero-order valence-electron chi connectivity index (χ0n) is 11.8. The van der Waals surface area contributed by atoms with Crippen LogP contribution in [0.3, 0.4) is 0 Å². The topological polar surface area (TPSA) is 112 Å². The Kier molecular flexibility index (Phi) is 4.79. The minimum Gasteiger partial charge on any atom is -0.479 e. The van der Waals surface area contributed by atoms with E-state index < -0.39 is 17.6 Å². The fourth-order valence-electron chi connectivity index (χ4n) is 2.05. The minimum absolute atomic E-state index is 0.376. The van der Waals surface area contributed by atoms with Crippen LogP contribution in [0.4, 0.5) is 9.93 Å². The second-order valence-electron chi connectivity index (χ2n) is 5.34. The highest BCUT2D eigenvalue weighted by Gasteiger charge is 2.30. The maximum atomic E-state index is 11.7. The van der Waals surface area contributed by atoms with Gasteiger partial charge in [0, 0.05) is 4.88 Å². The molecule has 0 aliphatic heterocycles. The van der Waals surface area contributed by atoms with Crippen molar-refractivity contribution < 1.29 is 19.8 Å². The van der Waals surface area contributed by atoms with Gasteiger partial charge in [0.2, 0.25) is 0 Å². The Hall–Kier alpha value is -1.67. The van der Waals surface area contributed by atoms with E-state index in [9.17, 15) is 14.7 Å². The highest BCUT2D eigenvalue weighted by atomic mass is 32.1. The lowest BCUT2D eigenvalue weighted by Crippen LogP contribution is -2.47. The first-order valence-electron chi connectivity index (χ1n) is 6.88. The number of carbonyl (C=O) groups is 2. The van der Waals surface area contributed by atoms with Crippen molar-refractivity contribution in [2.75, 3.05) is 11.9 Å². The summed E-state index contributed by atoms with van der Waals surface area (Å²) in [7, 11) is 0. The molecule has 0 spiro atoms. The number of carboxylic acids is 1. The fourth-order valence-corrected chi connectivity index (χ4v) is 3.10. The summed E-state index contributed by atoms with van der Waals surface area (Å²) in [6.45, 7) is 0.750. The number of aryl methyl sites for hydroxylation is 2. The summed E-state index contributed by atoms with van der Waals surface area (Å²) in [5, 5.41) is 23.7. The van der Waals surface area contributed by atoms with Crippen LogP contribution in [0.5, 0.6) is 0 Å². The number of carboxylic acid groups (broad SMARTS) is 1. The Morgan fingerprint density at radius 1 is 1.33 bits per heavy atom. The highest BCUT2D eigenvalue weighted by Crippen LogP contribution is 2.28. The molecule has 4 N–H and O–H groups in total. The second-order valence-corrected chi connectivity index (χ2v) is 6.42. The van der Waals surface area contributed by atoms with Gasteiger partial charge in [0.25, 0.3) is 0 Å². The molecule has 1 atom stereocenters. The van der Waals surface area contributed by atoms with Crippen molar-refractivity contribution in [3.05, 3.63) is 10.6 Å². The normalized spacial score (nSPS) is 17.2. The third kappa shape index (κ3) is 4.15. The van der Waals surface area contributed by atoms with E-state index in [0.29, 0.717) is 5.13 Å². The average Bonchev–Trinajstić information content (AvgIpc) is 2.65. The van der Waals surface area contributed by atoms with Crippen molar-refractivity contribution in [1.82, 2.24) is 10.3 Å². The number of thiazole rings is 1. The predicted octanol–water partition coefficient (Wildman–Crippen LogP) is 1.37. The van der Waals surface area contributed by atoms with Gasteiger partial charge < -0.3 is 15.5 Å². The first-order valence-corrected chi connectivity index (χ1v) is 7.69. The number of aliphatic hydroxyl groups is 1. The number of aromatic nitrogens is 1. The van der Waals surface area contributed by atoms with Gasteiger partial charge in [-0.1, -0.05) is 6.42 Å². The molecule has 7 nitrogen and oxygen atoms in total. The molecular weight excluding hydrogens is 294 g/mol. The van der Waals surface area contributed by atoms with Crippen molar-refractivity contribution in [1.29, 1.82) is 0 Å². The standard InChI is InChI=1S/C13H19N3O4S/c1-13(20,10(17)18)7-14-11(19)16-12-15-8-5-3-2-4-6-9(8)21-12/h20H,2-7H2,1H3,(H,17,18)(H2,14,15,16,19). The number of amides is 2. The predicted molar refractivity (Wildman–Crippen MR) is 78.7 cm³/mol. The summed E-state index contributed by atoms with van der Waals surface area (Å²) in [5.74, 6) is -1.39. The van der Waals surface area contributed by atoms with E-state index in [4.69, 9.17) is 5.11 Å². The number of rotatable bonds is 4. The number of aliphatic carboxylic acids is 1. The SMILES string of the molecule is CC(O)(CNC(=O)Nc1nc2c(s1)CCCCC2)C(=O)O. The minimum atomic E-state index is -1.99. The molecule has 116 valence electrons. The molecule has 21 heavy (non-hydrogen) atoms. The molecule has 0 saturated heterocycles. The number of nitrogens with one attached hydrogen (secondary N) is 2. The molecule has 1 aliphatic carbocycles. The molecule has 1 aromatic heterocycles. The number of carbonyl (C=O) groups excluding carboxylic acids is 1. The van der Waals surface area contributed by atoms with Crippen LogP contribution in [0.25, 0.3) is 0 Å². The molecule has 0 radical (unpaired) electrons. The van der Waals surface area contributed by atoms with E-state index in [2.05, 4.69) is 15.6 Å². The second kappa shape index (κ2) is 6.40. The third-order valence-corrected chi connectivity index (χ3v) is 4.44. The van der Waals surface area contributed by atoms with Crippen LogP contribution in [0, 0.1) is 0 Å². The molecule has 8 heteroatoms. The van der Waals surface area contributed by atoms with E-state index >= 15 is 0 Å². The van der Waals surface area contributed by atoms with Gasteiger partial charge in [0.15, 0.2) is 10.7 Å². The Bertz CT molecular complexity index is 518. The molecule has 2 amide bonds. The molecule has 1 aromatic rings. The number of fused-ring (bicyclic) bond motifs is 1. The van der Waals surface area contributed by atoms with E-state index in [1.54, 1.807) is 0 Å². The molecule has 0 saturated carbocycles. The Morgan fingerprint density at radius 2 is 2.05 bits per heavy atom. The van der Waals surface area contributed by atoms with Crippen LogP contribution in [0.2, 0.25) is 0 Å². The number of urea groups is 1. The van der Waals surface area contributed by atoms with Crippen molar-refractivity contribution in [3.8, 4) is 0 Å². The van der Waals surface area contributed by atoms with Gasteiger partial charge in [-0.15, -0.1) is 11.3 Å². The highest BCUT2D eigenvalue weighted by molar-refractivity contribution is 7.15. The lowest BCUT2D eigenvalue weighted by atomic mass is 10.1. The fraction of sp³-hybridized carbons (Fsp3) is 0.615.